The summed E-state index contributed by atoms with van der Waals surface area (Å²) in [6.07, 6.45) is 5.27. The minimum atomic E-state index is -3.11. The fourth-order valence-electron chi connectivity index (χ4n) is 5.93. The Hall–Kier alpha value is -5.71. The molecule has 2 saturated heterocycles. The summed E-state index contributed by atoms with van der Waals surface area (Å²) in [6, 6.07) is 12.3. The Kier molecular flexibility index (Phi) is 10.3. The number of amides is 4. The van der Waals surface area contributed by atoms with Gasteiger partial charge in [-0.25, -0.2) is 36.9 Å². The van der Waals surface area contributed by atoms with Crippen molar-refractivity contribution in [2.75, 3.05) is 46.3 Å². The zero-order valence-electron chi connectivity index (χ0n) is 28.5. The molecule has 2 aromatic carbocycles. The van der Waals surface area contributed by atoms with E-state index < -0.39 is 45.2 Å². The lowest BCUT2D eigenvalue weighted by atomic mass is 10.0. The van der Waals surface area contributed by atoms with Gasteiger partial charge in [0.05, 0.1) is 10.9 Å². The predicted molar refractivity (Wildman–Crippen MR) is 189 cm³/mol. The van der Waals surface area contributed by atoms with Crippen LogP contribution in [0, 0.1) is 17.6 Å². The molecule has 0 radical (unpaired) electrons. The summed E-state index contributed by atoms with van der Waals surface area (Å²) in [7, 11) is -3.11. The summed E-state index contributed by atoms with van der Waals surface area (Å²) in [6.45, 7) is 4.29. The largest absolute Gasteiger partial charge is 0.454 e. The van der Waals surface area contributed by atoms with E-state index in [1.165, 1.54) is 53.8 Å². The zero-order valence-corrected chi connectivity index (χ0v) is 29.3. The van der Waals surface area contributed by atoms with Crippen LogP contribution in [0.2, 0.25) is 0 Å². The van der Waals surface area contributed by atoms with E-state index in [1.54, 1.807) is 26.1 Å². The number of halogens is 2. The van der Waals surface area contributed by atoms with Crippen LogP contribution in [0.15, 0.2) is 73.1 Å². The number of hydrogen-bond acceptors (Lipinski definition) is 11. The third kappa shape index (κ3) is 8.09. The number of hydrogen-bond donors (Lipinski definition) is 2. The number of benzene rings is 2. The van der Waals surface area contributed by atoms with Crippen molar-refractivity contribution in [1.82, 2.24) is 19.9 Å². The molecule has 0 spiro atoms. The van der Waals surface area contributed by atoms with Crippen LogP contribution in [0.1, 0.15) is 26.7 Å². The molecule has 4 amide bonds. The highest BCUT2D eigenvalue weighted by atomic mass is 32.2. The monoisotopic (exact) mass is 734 g/mol. The Morgan fingerprint density at radius 1 is 0.942 bits per heavy atom. The number of urea groups is 1. The van der Waals surface area contributed by atoms with Crippen LogP contribution in [-0.2, 0) is 19.4 Å². The van der Waals surface area contributed by atoms with Gasteiger partial charge in [-0.1, -0.05) is 0 Å². The van der Waals surface area contributed by atoms with Gasteiger partial charge in [0.1, 0.15) is 39.0 Å². The van der Waals surface area contributed by atoms with E-state index in [1.807, 2.05) is 4.90 Å². The maximum atomic E-state index is 15.3. The molecule has 2 aliphatic rings. The minimum Gasteiger partial charge on any atom is -0.454 e. The Bertz CT molecular complexity index is 2100. The van der Waals surface area contributed by atoms with Gasteiger partial charge in [-0.2, -0.15) is 4.98 Å². The first kappa shape index (κ1) is 36.1. The molecule has 2 aliphatic heterocycles. The maximum absolute atomic E-state index is 15.3. The van der Waals surface area contributed by atoms with Crippen molar-refractivity contribution in [3.8, 4) is 11.5 Å². The molecule has 1 unspecified atom stereocenters. The van der Waals surface area contributed by atoms with Crippen molar-refractivity contribution < 1.29 is 36.3 Å². The van der Waals surface area contributed by atoms with Gasteiger partial charge in [0.15, 0.2) is 11.6 Å². The van der Waals surface area contributed by atoms with E-state index in [2.05, 4.69) is 25.6 Å². The lowest BCUT2D eigenvalue weighted by Crippen LogP contribution is -2.61. The molecule has 17 heteroatoms. The second-order valence-electron chi connectivity index (χ2n) is 12.7. The predicted octanol–water partition coefficient (Wildman–Crippen LogP) is 5.13. The topological polar surface area (TPSA) is 167 Å². The molecule has 4 heterocycles. The molecule has 52 heavy (non-hydrogen) atoms. The number of nitrogens with zero attached hydrogens (tertiary/aromatic N) is 6. The molecule has 272 valence electrons. The Morgan fingerprint density at radius 3 is 2.33 bits per heavy atom. The van der Waals surface area contributed by atoms with E-state index in [0.717, 1.165) is 23.1 Å². The first-order valence-corrected chi connectivity index (χ1v) is 18.4. The zero-order chi connectivity index (χ0) is 37.2. The fraction of sp³-hybridized carbons (Fsp3) is 0.314. The molecule has 6 rings (SSSR count). The van der Waals surface area contributed by atoms with Crippen LogP contribution in [0.3, 0.4) is 0 Å². The highest BCUT2D eigenvalue weighted by Gasteiger charge is 2.44. The first-order valence-electron chi connectivity index (χ1n) is 16.4. The molecule has 14 nitrogen and oxygen atoms in total. The van der Waals surface area contributed by atoms with Gasteiger partial charge < -0.3 is 25.2 Å². The van der Waals surface area contributed by atoms with Crippen molar-refractivity contribution >= 4 is 56.6 Å². The van der Waals surface area contributed by atoms with Crippen LogP contribution < -0.4 is 25.2 Å². The van der Waals surface area contributed by atoms with Crippen molar-refractivity contribution in [3.63, 3.8) is 0 Å². The van der Waals surface area contributed by atoms with Gasteiger partial charge >= 0.3 is 6.03 Å². The lowest BCUT2D eigenvalue weighted by molar-refractivity contribution is -0.132. The van der Waals surface area contributed by atoms with Gasteiger partial charge in [-0.05, 0) is 75.2 Å². The number of ether oxygens (including phenoxy) is 1. The third-order valence-electron chi connectivity index (χ3n) is 8.75. The average Bonchev–Trinajstić information content (AvgIpc) is 3.10. The molecule has 0 aliphatic carbocycles. The van der Waals surface area contributed by atoms with Crippen LogP contribution in [-0.4, -0.2) is 83.3 Å². The Balaban J connectivity index is 1.10. The van der Waals surface area contributed by atoms with Crippen molar-refractivity contribution in [1.29, 1.82) is 0 Å². The molecular weight excluding hydrogens is 698 g/mol. The van der Waals surface area contributed by atoms with Crippen LogP contribution in [0.5, 0.6) is 11.5 Å². The van der Waals surface area contributed by atoms with Crippen LogP contribution >= 0.6 is 0 Å². The second kappa shape index (κ2) is 14.9. The number of rotatable bonds is 10. The third-order valence-corrected chi connectivity index (χ3v) is 10.4. The summed E-state index contributed by atoms with van der Waals surface area (Å²) >= 11 is 0. The van der Waals surface area contributed by atoms with Crippen molar-refractivity contribution in [2.45, 2.75) is 38.0 Å². The summed E-state index contributed by atoms with van der Waals surface area (Å²) in [4.78, 5) is 57.2. The number of pyridine rings is 1. The number of carbonyl (C=O) groups is 3. The van der Waals surface area contributed by atoms with Gasteiger partial charge in [-0.3, -0.25) is 9.59 Å². The number of nitrogens with one attached hydrogen (secondary N) is 2. The fourth-order valence-corrected chi connectivity index (χ4v) is 7.00. The number of anilines is 5. The van der Waals surface area contributed by atoms with E-state index in [4.69, 9.17) is 4.74 Å². The van der Waals surface area contributed by atoms with Gasteiger partial charge in [0, 0.05) is 62.1 Å². The molecule has 2 fully saturated rings. The normalized spacial score (nSPS) is 17.0. The van der Waals surface area contributed by atoms with Crippen molar-refractivity contribution in [2.24, 2.45) is 5.92 Å². The van der Waals surface area contributed by atoms with E-state index in [-0.39, 0.29) is 40.7 Å². The SMILES string of the molecule is CC(C)N1CC(C(=O)Nc2ccc(Oc3ccnc(Nc4ccnc(N5CCC(S(C)(=O)=O)CC5)n4)c3)c(F)c2)C(=O)N(c2ccc(F)cc2)C1=O. The summed E-state index contributed by atoms with van der Waals surface area (Å²) < 4.78 is 58.4. The van der Waals surface area contributed by atoms with Gasteiger partial charge in [0.2, 0.25) is 17.8 Å². The van der Waals surface area contributed by atoms with Gasteiger partial charge in [-0.15, -0.1) is 0 Å². The van der Waals surface area contributed by atoms with E-state index >= 15 is 4.39 Å². The van der Waals surface area contributed by atoms with Crippen LogP contribution in [0.25, 0.3) is 0 Å². The highest BCUT2D eigenvalue weighted by Crippen LogP contribution is 2.30. The van der Waals surface area contributed by atoms with Crippen LogP contribution in [0.4, 0.5) is 42.5 Å². The summed E-state index contributed by atoms with van der Waals surface area (Å²) in [5, 5.41) is 5.25. The average molecular weight is 735 g/mol. The Morgan fingerprint density at radius 2 is 1.65 bits per heavy atom. The molecule has 2 aromatic heterocycles. The second-order valence-corrected chi connectivity index (χ2v) is 15.1. The molecule has 1 atom stereocenters. The Labute approximate surface area is 298 Å². The molecule has 0 saturated carbocycles. The first-order chi connectivity index (χ1) is 24.8. The number of carbonyl (C=O) groups excluding carboxylic acids is 3. The maximum Gasteiger partial charge on any atom is 0.331 e. The standard InChI is InChI=1S/C35H36F2N8O6S/c1-21(2)44-20-27(33(47)45(35(44)48)24-7-4-22(36)5-8-24)32(46)40-23-6-9-29(28(37)18-23)51-25-10-14-38-31(19-25)41-30-11-15-39-34(42-30)43-16-12-26(13-17-43)52(3,49)50/h4-11,14-15,18-19,21,26-27H,12-13,16-17,20H2,1-3H3,(H,40,46)(H,38,39,41,42). The number of imide groups is 1. The molecule has 4 aromatic rings. The molecule has 2 N–H and O–H groups in total. The molecule has 0 bridgehead atoms. The minimum absolute atomic E-state index is 0.0566. The quantitative estimate of drug-likeness (QED) is 0.207. The van der Waals surface area contributed by atoms with Gasteiger partial charge in [0.25, 0.3) is 0 Å². The van der Waals surface area contributed by atoms with Crippen molar-refractivity contribution in [3.05, 3.63) is 84.7 Å². The summed E-state index contributed by atoms with van der Waals surface area (Å²) in [5.74, 6) is -2.88. The smallest absolute Gasteiger partial charge is 0.331 e. The highest BCUT2D eigenvalue weighted by molar-refractivity contribution is 7.91. The summed E-state index contributed by atoms with van der Waals surface area (Å²) in [5.41, 5.74) is 0.174. The lowest BCUT2D eigenvalue weighted by Gasteiger charge is -2.39. The molecular formula is C35H36F2N8O6S. The number of piperidine rings is 1. The van der Waals surface area contributed by atoms with E-state index in [9.17, 15) is 27.2 Å². The van der Waals surface area contributed by atoms with E-state index in [0.29, 0.717) is 43.5 Å². The number of sulfone groups is 1. The number of aromatic nitrogens is 3.